The predicted octanol–water partition coefficient (Wildman–Crippen LogP) is 8.26. The number of hydrogen-bond acceptors (Lipinski definition) is 4. The molecule has 0 bridgehead atoms. The molecule has 0 aromatic heterocycles. The zero-order valence-corrected chi connectivity index (χ0v) is 22.6. The molecule has 1 saturated carbocycles. The first-order valence-electron chi connectivity index (χ1n) is 13.4. The summed E-state index contributed by atoms with van der Waals surface area (Å²) in [6.45, 7) is 4.76. The Hall–Kier alpha value is -3.60. The molecule has 0 spiro atoms. The molecule has 4 nitrogen and oxygen atoms in total. The van der Waals surface area contributed by atoms with Gasteiger partial charge in [0.2, 0.25) is 0 Å². The number of allylic oxidation sites excluding steroid dienone is 2. The average molecular weight is 517 g/mol. The molecule has 200 valence electrons. The molecular weight excluding hydrogens is 479 g/mol. The Morgan fingerprint density at radius 1 is 0.947 bits per heavy atom. The highest BCUT2D eigenvalue weighted by Gasteiger charge is 2.30. The molecule has 0 saturated heterocycles. The van der Waals surface area contributed by atoms with Crippen LogP contribution in [0.4, 0.5) is 4.39 Å². The van der Waals surface area contributed by atoms with E-state index in [1.54, 1.807) is 0 Å². The van der Waals surface area contributed by atoms with Gasteiger partial charge in [-0.3, -0.25) is 4.79 Å². The van der Waals surface area contributed by atoms with Gasteiger partial charge in [-0.2, -0.15) is 0 Å². The summed E-state index contributed by atoms with van der Waals surface area (Å²) in [5.41, 5.74) is 5.22. The summed E-state index contributed by atoms with van der Waals surface area (Å²) < 4.78 is 25.6. The fourth-order valence-electron chi connectivity index (χ4n) is 4.63. The Labute approximate surface area is 225 Å². The van der Waals surface area contributed by atoms with Crippen LogP contribution in [0.5, 0.6) is 11.5 Å². The highest BCUT2D eigenvalue weighted by Crippen LogP contribution is 2.47. The van der Waals surface area contributed by atoms with Crippen molar-refractivity contribution in [1.82, 2.24) is 0 Å². The van der Waals surface area contributed by atoms with Gasteiger partial charge < -0.3 is 14.6 Å². The molecule has 0 unspecified atom stereocenters. The van der Waals surface area contributed by atoms with Crippen LogP contribution in [0.3, 0.4) is 0 Å². The van der Waals surface area contributed by atoms with E-state index in [1.807, 2.05) is 36.4 Å². The van der Waals surface area contributed by atoms with Crippen molar-refractivity contribution in [3.63, 3.8) is 0 Å². The minimum atomic E-state index is -0.367. The van der Waals surface area contributed by atoms with Crippen molar-refractivity contribution in [2.45, 2.75) is 65.4 Å². The number of phenolic OH excluding ortho intramolecular Hbond substituents is 1. The standard InChI is InChI=1S/C30H31FO4.C3H6/c1-30(2)15-5-8-27(30)25-17-21(9-12-24(25)26-18-22(32)11-13-28(26)31)19-35-23-7-4-6-20(16-23)10-14-29(33)34-3;1-2-3-1/h4,6-9,11-13,16-18,32H,5,10,14-15,19H2,1-3H3;1-3H2. The van der Waals surface area contributed by atoms with E-state index in [0.717, 1.165) is 40.8 Å². The zero-order valence-electron chi connectivity index (χ0n) is 22.6. The number of carbonyl (C=O) groups is 1. The summed E-state index contributed by atoms with van der Waals surface area (Å²) in [6.07, 6.45) is 9.64. The lowest BCUT2D eigenvalue weighted by molar-refractivity contribution is -0.140. The van der Waals surface area contributed by atoms with Crippen LogP contribution >= 0.6 is 0 Å². The van der Waals surface area contributed by atoms with Crippen molar-refractivity contribution in [3.8, 4) is 22.6 Å². The monoisotopic (exact) mass is 516 g/mol. The molecule has 3 aromatic carbocycles. The maximum absolute atomic E-state index is 14.8. The number of ether oxygens (including phenoxy) is 2. The lowest BCUT2D eigenvalue weighted by Crippen LogP contribution is -2.10. The summed E-state index contributed by atoms with van der Waals surface area (Å²) in [5, 5.41) is 10.0. The highest BCUT2D eigenvalue weighted by molar-refractivity contribution is 5.85. The van der Waals surface area contributed by atoms with Gasteiger partial charge in [0, 0.05) is 12.0 Å². The second-order valence-electron chi connectivity index (χ2n) is 10.7. The van der Waals surface area contributed by atoms with Gasteiger partial charge >= 0.3 is 5.97 Å². The van der Waals surface area contributed by atoms with Crippen LogP contribution in [-0.4, -0.2) is 18.2 Å². The Morgan fingerprint density at radius 2 is 1.74 bits per heavy atom. The lowest BCUT2D eigenvalue weighted by Gasteiger charge is -2.25. The number of methoxy groups -OCH3 is 1. The second kappa shape index (κ2) is 12.3. The van der Waals surface area contributed by atoms with Crippen molar-refractivity contribution in [2.75, 3.05) is 7.11 Å². The Balaban J connectivity index is 0.00000105. The molecule has 2 aliphatic rings. The summed E-state index contributed by atoms with van der Waals surface area (Å²) in [4.78, 5) is 11.4. The molecule has 0 heterocycles. The van der Waals surface area contributed by atoms with Gasteiger partial charge in [0.25, 0.3) is 0 Å². The molecule has 0 radical (unpaired) electrons. The maximum Gasteiger partial charge on any atom is 0.305 e. The van der Waals surface area contributed by atoms with Gasteiger partial charge in [-0.25, -0.2) is 4.39 Å². The number of rotatable bonds is 8. The quantitative estimate of drug-likeness (QED) is 0.306. The highest BCUT2D eigenvalue weighted by atomic mass is 19.1. The smallest absolute Gasteiger partial charge is 0.305 e. The molecule has 0 aliphatic heterocycles. The van der Waals surface area contributed by atoms with Crippen molar-refractivity contribution in [2.24, 2.45) is 5.41 Å². The molecule has 0 amide bonds. The van der Waals surface area contributed by atoms with E-state index in [2.05, 4.69) is 26.0 Å². The number of aromatic hydroxyl groups is 1. The van der Waals surface area contributed by atoms with Gasteiger partial charge in [-0.05, 0) is 88.9 Å². The first-order valence-corrected chi connectivity index (χ1v) is 13.4. The van der Waals surface area contributed by atoms with Gasteiger partial charge in [0.1, 0.15) is 23.9 Å². The van der Waals surface area contributed by atoms with Gasteiger partial charge in [0.05, 0.1) is 7.11 Å². The van der Waals surface area contributed by atoms with E-state index < -0.39 is 0 Å². The zero-order chi connectivity index (χ0) is 27.1. The van der Waals surface area contributed by atoms with Gasteiger partial charge in [0.15, 0.2) is 0 Å². The van der Waals surface area contributed by atoms with Crippen LogP contribution in [0.15, 0.2) is 66.7 Å². The maximum atomic E-state index is 14.8. The van der Waals surface area contributed by atoms with Crippen molar-refractivity contribution >= 4 is 11.5 Å². The minimum Gasteiger partial charge on any atom is -0.508 e. The number of hydrogen-bond donors (Lipinski definition) is 1. The number of carbonyl (C=O) groups excluding carboxylic acids is 1. The van der Waals surface area contributed by atoms with Crippen LogP contribution in [0.2, 0.25) is 0 Å². The predicted molar refractivity (Wildman–Crippen MR) is 149 cm³/mol. The van der Waals surface area contributed by atoms with Gasteiger partial charge in [-0.15, -0.1) is 0 Å². The van der Waals surface area contributed by atoms with Crippen LogP contribution < -0.4 is 4.74 Å². The van der Waals surface area contributed by atoms with E-state index in [-0.39, 0.29) is 23.0 Å². The largest absolute Gasteiger partial charge is 0.508 e. The SMILES string of the molecule is C1CC1.COC(=O)CCc1cccc(OCc2ccc(-c3cc(O)ccc3F)c(C3=CCCC3(C)C)c2)c1. The molecule has 1 N–H and O–H groups in total. The average Bonchev–Trinajstić information content (AvgIpc) is 3.76. The van der Waals surface area contributed by atoms with Crippen molar-refractivity contribution in [1.29, 1.82) is 0 Å². The fraction of sp³-hybridized carbons (Fsp3) is 0.364. The molecule has 5 heteroatoms. The molecule has 2 aliphatic carbocycles. The summed E-state index contributed by atoms with van der Waals surface area (Å²) in [7, 11) is 1.39. The van der Waals surface area contributed by atoms with Gasteiger partial charge in [-0.1, -0.05) is 63.5 Å². The molecule has 38 heavy (non-hydrogen) atoms. The molecule has 1 fully saturated rings. The summed E-state index contributed by atoms with van der Waals surface area (Å²) in [6, 6.07) is 17.7. The summed E-state index contributed by atoms with van der Waals surface area (Å²) in [5.74, 6) is 0.147. The number of esters is 1. The number of phenols is 1. The van der Waals surface area contributed by atoms with E-state index in [1.165, 1.54) is 50.1 Å². The van der Waals surface area contributed by atoms with E-state index >= 15 is 0 Å². The number of halogens is 1. The molecule has 5 rings (SSSR count). The normalized spacial score (nSPS) is 15.2. The minimum absolute atomic E-state index is 0.0322. The van der Waals surface area contributed by atoms with E-state index in [0.29, 0.717) is 25.0 Å². The first kappa shape index (κ1) is 27.4. The molecule has 0 atom stereocenters. The Kier molecular flexibility index (Phi) is 8.88. The first-order chi connectivity index (χ1) is 18.3. The molecular formula is C33H37FO4. The topological polar surface area (TPSA) is 55.8 Å². The fourth-order valence-corrected chi connectivity index (χ4v) is 4.63. The van der Waals surface area contributed by atoms with E-state index in [4.69, 9.17) is 9.47 Å². The Bertz CT molecular complexity index is 1300. The lowest BCUT2D eigenvalue weighted by atomic mass is 9.79. The second-order valence-corrected chi connectivity index (χ2v) is 10.7. The third-order valence-corrected chi connectivity index (χ3v) is 6.96. The Morgan fingerprint density at radius 3 is 2.42 bits per heavy atom. The number of benzene rings is 3. The van der Waals surface area contributed by atoms with Crippen LogP contribution in [0.1, 0.15) is 69.1 Å². The van der Waals surface area contributed by atoms with Crippen molar-refractivity contribution < 1.29 is 23.8 Å². The van der Waals surface area contributed by atoms with Crippen LogP contribution in [0.25, 0.3) is 16.7 Å². The van der Waals surface area contributed by atoms with Crippen LogP contribution in [-0.2, 0) is 22.6 Å². The number of aryl methyl sites for hydroxylation is 1. The van der Waals surface area contributed by atoms with Crippen LogP contribution in [0, 0.1) is 11.2 Å². The molecule has 3 aromatic rings. The van der Waals surface area contributed by atoms with E-state index in [9.17, 15) is 14.3 Å². The third kappa shape index (κ3) is 7.25. The third-order valence-electron chi connectivity index (χ3n) is 6.96. The van der Waals surface area contributed by atoms with Crippen molar-refractivity contribution in [3.05, 3.63) is 89.2 Å². The summed E-state index contributed by atoms with van der Waals surface area (Å²) >= 11 is 0.